The minimum atomic E-state index is -3.70. The highest BCUT2D eigenvalue weighted by Gasteiger charge is 2.16. The molecule has 29 heavy (non-hydrogen) atoms. The number of hydrogen-bond acceptors (Lipinski definition) is 7. The van der Waals surface area contributed by atoms with E-state index in [0.29, 0.717) is 11.3 Å². The van der Waals surface area contributed by atoms with E-state index >= 15 is 0 Å². The summed E-state index contributed by atoms with van der Waals surface area (Å²) < 4.78 is 30.6. The molecule has 3 heterocycles. The van der Waals surface area contributed by atoms with Crippen LogP contribution in [0.1, 0.15) is 5.01 Å². The summed E-state index contributed by atoms with van der Waals surface area (Å²) in [7, 11) is -3.70. The van der Waals surface area contributed by atoms with E-state index in [1.807, 2.05) is 31.2 Å². The normalized spacial score (nSPS) is 11.9. The minimum absolute atomic E-state index is 0.206. The van der Waals surface area contributed by atoms with E-state index in [2.05, 4.69) is 25.0 Å². The second-order valence-corrected chi connectivity index (χ2v) is 9.31. The summed E-state index contributed by atoms with van der Waals surface area (Å²) in [5.74, 6) is 0. The number of hydrogen-bond donors (Lipinski definition) is 1. The maximum atomic E-state index is 12.8. The fraction of sp³-hybridized carbons (Fsp3) is 0.0526. The predicted octanol–water partition coefficient (Wildman–Crippen LogP) is 3.51. The Bertz CT molecular complexity index is 1460. The molecule has 0 fully saturated rings. The highest BCUT2D eigenvalue weighted by molar-refractivity contribution is 7.92. The van der Waals surface area contributed by atoms with Crippen LogP contribution in [-0.4, -0.2) is 33.2 Å². The van der Waals surface area contributed by atoms with Crippen LogP contribution in [0.4, 0.5) is 5.69 Å². The van der Waals surface area contributed by atoms with Crippen LogP contribution in [-0.2, 0) is 10.0 Å². The molecule has 144 valence electrons. The molecule has 8 nitrogen and oxygen atoms in total. The van der Waals surface area contributed by atoms with Crippen LogP contribution < -0.4 is 4.72 Å². The maximum Gasteiger partial charge on any atom is 0.261 e. The molecule has 0 aliphatic rings. The molecule has 0 amide bonds. The molecule has 10 heteroatoms. The molecule has 0 saturated carbocycles. The van der Waals surface area contributed by atoms with Gasteiger partial charge in [0.25, 0.3) is 10.0 Å². The first-order valence-electron chi connectivity index (χ1n) is 8.65. The maximum absolute atomic E-state index is 12.8. The Kier molecular flexibility index (Phi) is 4.03. The number of benzene rings is 2. The highest BCUT2D eigenvalue weighted by Crippen LogP contribution is 2.26. The molecule has 0 spiro atoms. The first-order chi connectivity index (χ1) is 14.0. The van der Waals surface area contributed by atoms with E-state index in [4.69, 9.17) is 0 Å². The molecule has 5 aromatic rings. The summed E-state index contributed by atoms with van der Waals surface area (Å²) in [5.41, 5.74) is 3.52. The molecule has 3 aromatic heterocycles. The SMILES string of the molecule is Cc1nc2ccc(S(=O)(=O)Nc3ccc(-c4ccc5nncn5n4)cc3)cc2s1. The molecule has 0 radical (unpaired) electrons. The molecule has 0 atom stereocenters. The summed E-state index contributed by atoms with van der Waals surface area (Å²) in [6.07, 6.45) is 1.53. The average molecular weight is 422 g/mol. The van der Waals surface area contributed by atoms with Gasteiger partial charge in [-0.1, -0.05) is 12.1 Å². The first-order valence-corrected chi connectivity index (χ1v) is 11.0. The van der Waals surface area contributed by atoms with Crippen molar-refractivity contribution in [2.75, 3.05) is 4.72 Å². The van der Waals surface area contributed by atoms with Crippen LogP contribution in [0.3, 0.4) is 0 Å². The lowest BCUT2D eigenvalue weighted by Crippen LogP contribution is -2.12. The highest BCUT2D eigenvalue weighted by atomic mass is 32.2. The van der Waals surface area contributed by atoms with Gasteiger partial charge in [-0.25, -0.2) is 13.4 Å². The van der Waals surface area contributed by atoms with Gasteiger partial charge < -0.3 is 0 Å². The van der Waals surface area contributed by atoms with E-state index in [0.717, 1.165) is 26.5 Å². The fourth-order valence-electron chi connectivity index (χ4n) is 2.99. The van der Waals surface area contributed by atoms with Crippen molar-refractivity contribution in [3.8, 4) is 11.3 Å². The van der Waals surface area contributed by atoms with Crippen LogP contribution >= 0.6 is 11.3 Å². The number of nitrogens with one attached hydrogen (secondary N) is 1. The summed E-state index contributed by atoms with van der Waals surface area (Å²) in [6, 6.07) is 15.6. The van der Waals surface area contributed by atoms with E-state index in [1.165, 1.54) is 17.7 Å². The molecular formula is C19H14N6O2S2. The van der Waals surface area contributed by atoms with Gasteiger partial charge in [-0.05, 0) is 49.4 Å². The lowest BCUT2D eigenvalue weighted by molar-refractivity contribution is 0.601. The van der Waals surface area contributed by atoms with Crippen molar-refractivity contribution in [3.63, 3.8) is 0 Å². The van der Waals surface area contributed by atoms with Crippen molar-refractivity contribution in [2.45, 2.75) is 11.8 Å². The Morgan fingerprint density at radius 2 is 1.86 bits per heavy atom. The Morgan fingerprint density at radius 3 is 2.69 bits per heavy atom. The monoisotopic (exact) mass is 422 g/mol. The molecule has 0 unspecified atom stereocenters. The smallest absolute Gasteiger partial charge is 0.261 e. The number of aryl methyl sites for hydroxylation is 1. The molecule has 0 bridgehead atoms. The van der Waals surface area contributed by atoms with Gasteiger partial charge in [0.2, 0.25) is 0 Å². The molecular weight excluding hydrogens is 408 g/mol. The van der Waals surface area contributed by atoms with E-state index in [-0.39, 0.29) is 4.90 Å². The standard InChI is InChI=1S/C19H14N6O2S2/c1-12-21-17-7-6-15(10-18(17)28-12)29(26,27)24-14-4-2-13(3-5-14)16-8-9-19-22-20-11-25(19)23-16/h2-11,24H,1H3. The Morgan fingerprint density at radius 1 is 1.03 bits per heavy atom. The number of aromatic nitrogens is 5. The molecule has 0 saturated heterocycles. The van der Waals surface area contributed by atoms with Crippen LogP contribution in [0.25, 0.3) is 27.1 Å². The third-order valence-electron chi connectivity index (χ3n) is 4.37. The Balaban J connectivity index is 1.41. The van der Waals surface area contributed by atoms with E-state index in [9.17, 15) is 8.42 Å². The fourth-order valence-corrected chi connectivity index (χ4v) is 5.02. The van der Waals surface area contributed by atoms with Crippen molar-refractivity contribution in [2.24, 2.45) is 0 Å². The zero-order chi connectivity index (χ0) is 20.0. The largest absolute Gasteiger partial charge is 0.280 e. The summed E-state index contributed by atoms with van der Waals surface area (Å²) in [6.45, 7) is 1.90. The van der Waals surface area contributed by atoms with Gasteiger partial charge in [0, 0.05) is 11.3 Å². The number of nitrogens with zero attached hydrogens (tertiary/aromatic N) is 5. The third kappa shape index (κ3) is 3.32. The predicted molar refractivity (Wildman–Crippen MR) is 111 cm³/mol. The Labute approximate surface area is 169 Å². The molecule has 1 N–H and O–H groups in total. The van der Waals surface area contributed by atoms with Crippen molar-refractivity contribution < 1.29 is 8.42 Å². The summed E-state index contributed by atoms with van der Waals surface area (Å²) >= 11 is 1.47. The van der Waals surface area contributed by atoms with Crippen LogP contribution in [0.15, 0.2) is 65.8 Å². The Hall–Kier alpha value is -3.37. The zero-order valence-electron chi connectivity index (χ0n) is 15.1. The van der Waals surface area contributed by atoms with Gasteiger partial charge >= 0.3 is 0 Å². The van der Waals surface area contributed by atoms with Gasteiger partial charge in [0.15, 0.2) is 5.65 Å². The zero-order valence-corrected chi connectivity index (χ0v) is 16.8. The number of rotatable bonds is 4. The second-order valence-electron chi connectivity index (χ2n) is 6.40. The molecule has 0 aliphatic carbocycles. The number of thiazole rings is 1. The summed E-state index contributed by atoms with van der Waals surface area (Å²) in [5, 5.41) is 13.1. The van der Waals surface area contributed by atoms with Gasteiger partial charge in [-0.15, -0.1) is 21.5 Å². The van der Waals surface area contributed by atoms with E-state index < -0.39 is 10.0 Å². The average Bonchev–Trinajstić information content (AvgIpc) is 3.32. The van der Waals surface area contributed by atoms with Crippen molar-refractivity contribution >= 4 is 42.9 Å². The van der Waals surface area contributed by atoms with E-state index in [1.54, 1.807) is 34.8 Å². The third-order valence-corrected chi connectivity index (χ3v) is 6.68. The molecule has 0 aliphatic heterocycles. The van der Waals surface area contributed by atoms with Crippen molar-refractivity contribution in [3.05, 3.63) is 65.9 Å². The lowest BCUT2D eigenvalue weighted by Gasteiger charge is -2.09. The van der Waals surface area contributed by atoms with Crippen LogP contribution in [0.2, 0.25) is 0 Å². The topological polar surface area (TPSA) is 102 Å². The first kappa shape index (κ1) is 17.7. The summed E-state index contributed by atoms with van der Waals surface area (Å²) in [4.78, 5) is 4.57. The van der Waals surface area contributed by atoms with Gasteiger partial charge in [-0.2, -0.15) is 9.61 Å². The number of fused-ring (bicyclic) bond motifs is 2. The molecule has 2 aromatic carbocycles. The lowest BCUT2D eigenvalue weighted by atomic mass is 10.1. The second kappa shape index (κ2) is 6.61. The van der Waals surface area contributed by atoms with Crippen molar-refractivity contribution in [1.82, 2.24) is 24.8 Å². The number of anilines is 1. The molecule has 5 rings (SSSR count). The quantitative estimate of drug-likeness (QED) is 0.475. The minimum Gasteiger partial charge on any atom is -0.280 e. The van der Waals surface area contributed by atoms with Gasteiger partial charge in [-0.3, -0.25) is 4.72 Å². The van der Waals surface area contributed by atoms with Gasteiger partial charge in [0.1, 0.15) is 6.33 Å². The number of sulfonamides is 1. The van der Waals surface area contributed by atoms with Gasteiger partial charge in [0.05, 0.1) is 25.8 Å². The van der Waals surface area contributed by atoms with Crippen LogP contribution in [0, 0.1) is 6.92 Å². The van der Waals surface area contributed by atoms with Crippen molar-refractivity contribution in [1.29, 1.82) is 0 Å². The van der Waals surface area contributed by atoms with Crippen LogP contribution in [0.5, 0.6) is 0 Å².